The molecule has 1 aliphatic heterocycles. The van der Waals surface area contributed by atoms with Crippen LogP contribution in [0.1, 0.15) is 33.0 Å². The van der Waals surface area contributed by atoms with Crippen LogP contribution in [0.15, 0.2) is 27.8 Å². The van der Waals surface area contributed by atoms with Crippen LogP contribution in [-0.4, -0.2) is 37.8 Å². The third-order valence-electron chi connectivity index (χ3n) is 4.95. The van der Waals surface area contributed by atoms with Gasteiger partial charge in [0.25, 0.3) is 0 Å². The van der Waals surface area contributed by atoms with Gasteiger partial charge in [0.1, 0.15) is 5.76 Å². The Balaban J connectivity index is 1.59. The summed E-state index contributed by atoms with van der Waals surface area (Å²) in [5, 5.41) is 6.97. The van der Waals surface area contributed by atoms with Crippen LogP contribution in [0.3, 0.4) is 0 Å². The van der Waals surface area contributed by atoms with E-state index >= 15 is 0 Å². The molecule has 1 saturated carbocycles. The van der Waals surface area contributed by atoms with Crippen molar-refractivity contribution in [3.8, 4) is 0 Å². The van der Waals surface area contributed by atoms with Crippen molar-refractivity contribution in [3.63, 3.8) is 0 Å². The van der Waals surface area contributed by atoms with Gasteiger partial charge in [-0.05, 0) is 25.5 Å². The molecule has 0 radical (unpaired) electrons. The van der Waals surface area contributed by atoms with Crippen LogP contribution in [0.5, 0.6) is 0 Å². The molecule has 1 aliphatic carbocycles. The van der Waals surface area contributed by atoms with Crippen molar-refractivity contribution in [1.82, 2.24) is 10.6 Å². The summed E-state index contributed by atoms with van der Waals surface area (Å²) >= 11 is 0. The second-order valence-corrected chi connectivity index (χ2v) is 6.78. The number of aliphatic imine (C=N–C) groups is 1. The van der Waals surface area contributed by atoms with Gasteiger partial charge < -0.3 is 19.8 Å². The highest BCUT2D eigenvalue weighted by Gasteiger charge is 2.59. The predicted molar refractivity (Wildman–Crippen MR) is 86.9 cm³/mol. The monoisotopic (exact) mass is 305 g/mol. The Morgan fingerprint density at radius 1 is 1.45 bits per heavy atom. The van der Waals surface area contributed by atoms with Crippen LogP contribution in [0.2, 0.25) is 0 Å². The third-order valence-corrected chi connectivity index (χ3v) is 4.95. The lowest BCUT2D eigenvalue weighted by molar-refractivity contribution is -0.106. The Morgan fingerprint density at radius 2 is 2.32 bits per heavy atom. The molecule has 3 unspecified atom stereocenters. The normalized spacial score (nSPS) is 29.8. The number of hydrogen-bond acceptors (Lipinski definition) is 3. The zero-order chi connectivity index (χ0) is 15.6. The quantitative estimate of drug-likeness (QED) is 0.647. The molecule has 122 valence electrons. The van der Waals surface area contributed by atoms with Crippen molar-refractivity contribution in [1.29, 1.82) is 0 Å². The number of nitrogens with one attached hydrogen (secondary N) is 2. The first kappa shape index (κ1) is 15.4. The van der Waals surface area contributed by atoms with Gasteiger partial charge >= 0.3 is 0 Å². The molecule has 0 aromatic carbocycles. The number of furan rings is 1. The SMILES string of the molecule is CCNC(=NCCc1ccco1)NC1C2CCOC2C1(C)C. The maximum Gasteiger partial charge on any atom is 0.191 e. The summed E-state index contributed by atoms with van der Waals surface area (Å²) in [7, 11) is 0. The minimum absolute atomic E-state index is 0.165. The van der Waals surface area contributed by atoms with Gasteiger partial charge in [-0.1, -0.05) is 13.8 Å². The van der Waals surface area contributed by atoms with Gasteiger partial charge in [0.15, 0.2) is 5.96 Å². The van der Waals surface area contributed by atoms with E-state index in [-0.39, 0.29) is 5.41 Å². The zero-order valence-electron chi connectivity index (χ0n) is 13.8. The lowest BCUT2D eigenvalue weighted by Crippen LogP contribution is -2.68. The van der Waals surface area contributed by atoms with E-state index in [9.17, 15) is 0 Å². The molecule has 2 N–H and O–H groups in total. The molecule has 3 atom stereocenters. The molecular formula is C17H27N3O2. The summed E-state index contributed by atoms with van der Waals surface area (Å²) < 4.78 is 11.2. The van der Waals surface area contributed by atoms with Crippen molar-refractivity contribution in [2.24, 2.45) is 16.3 Å². The molecule has 0 spiro atoms. The molecule has 0 amide bonds. The Bertz CT molecular complexity index is 510. The van der Waals surface area contributed by atoms with Gasteiger partial charge in [0.2, 0.25) is 0 Å². The van der Waals surface area contributed by atoms with E-state index in [0.717, 1.165) is 44.3 Å². The van der Waals surface area contributed by atoms with Crippen LogP contribution in [0, 0.1) is 11.3 Å². The van der Waals surface area contributed by atoms with Crippen molar-refractivity contribution in [2.45, 2.75) is 45.8 Å². The summed E-state index contributed by atoms with van der Waals surface area (Å²) in [5.41, 5.74) is 0.165. The number of rotatable bonds is 5. The van der Waals surface area contributed by atoms with Crippen LogP contribution in [0.4, 0.5) is 0 Å². The minimum Gasteiger partial charge on any atom is -0.469 e. The molecule has 1 saturated heterocycles. The first-order chi connectivity index (χ1) is 10.6. The Kier molecular flexibility index (Phi) is 4.43. The second-order valence-electron chi connectivity index (χ2n) is 6.78. The first-order valence-corrected chi connectivity index (χ1v) is 8.31. The summed E-state index contributed by atoms with van der Waals surface area (Å²) in [6.07, 6.45) is 4.08. The number of nitrogens with zero attached hydrogens (tertiary/aromatic N) is 1. The first-order valence-electron chi connectivity index (χ1n) is 8.31. The number of ether oxygens (including phenoxy) is 1. The summed E-state index contributed by atoms with van der Waals surface area (Å²) in [6.45, 7) is 9.14. The standard InChI is InChI=1S/C17H27N3O2/c1-4-18-16(19-9-7-12-6-5-10-21-12)20-14-13-8-11-22-15(13)17(14,2)3/h5-6,10,13-15H,4,7-9,11H2,1-3H3,(H2,18,19,20). The third kappa shape index (κ3) is 2.86. The molecule has 5 nitrogen and oxygen atoms in total. The largest absolute Gasteiger partial charge is 0.469 e. The molecular weight excluding hydrogens is 278 g/mol. The number of guanidine groups is 1. The summed E-state index contributed by atoms with van der Waals surface area (Å²) in [5.74, 6) is 2.49. The second kappa shape index (κ2) is 6.32. The molecule has 5 heteroatoms. The zero-order valence-corrected chi connectivity index (χ0v) is 13.8. The Labute approximate surface area is 132 Å². The topological polar surface area (TPSA) is 58.8 Å². The predicted octanol–water partition coefficient (Wildman–Crippen LogP) is 2.19. The van der Waals surface area contributed by atoms with Crippen LogP contribution < -0.4 is 10.6 Å². The van der Waals surface area contributed by atoms with Gasteiger partial charge in [-0.25, -0.2) is 0 Å². The molecule has 22 heavy (non-hydrogen) atoms. The van der Waals surface area contributed by atoms with Gasteiger partial charge in [-0.2, -0.15) is 0 Å². The van der Waals surface area contributed by atoms with Gasteiger partial charge in [0.05, 0.1) is 12.4 Å². The fraction of sp³-hybridized carbons (Fsp3) is 0.706. The highest BCUT2D eigenvalue weighted by molar-refractivity contribution is 5.80. The van der Waals surface area contributed by atoms with E-state index in [1.54, 1.807) is 6.26 Å². The molecule has 0 bridgehead atoms. The number of hydrogen-bond donors (Lipinski definition) is 2. The highest BCUT2D eigenvalue weighted by Crippen LogP contribution is 2.52. The van der Waals surface area contributed by atoms with E-state index < -0.39 is 0 Å². The van der Waals surface area contributed by atoms with Crippen molar-refractivity contribution < 1.29 is 9.15 Å². The maximum atomic E-state index is 5.86. The van der Waals surface area contributed by atoms with Gasteiger partial charge in [0, 0.05) is 43.5 Å². The average molecular weight is 305 g/mol. The van der Waals surface area contributed by atoms with Crippen molar-refractivity contribution >= 4 is 5.96 Å². The van der Waals surface area contributed by atoms with Crippen molar-refractivity contribution in [2.75, 3.05) is 19.7 Å². The summed E-state index contributed by atoms with van der Waals surface area (Å²) in [6, 6.07) is 4.34. The molecule has 1 aromatic heterocycles. The Morgan fingerprint density at radius 3 is 3.05 bits per heavy atom. The lowest BCUT2D eigenvalue weighted by atomic mass is 9.57. The fourth-order valence-electron chi connectivity index (χ4n) is 3.82. The van der Waals surface area contributed by atoms with E-state index in [4.69, 9.17) is 9.15 Å². The van der Waals surface area contributed by atoms with Crippen LogP contribution >= 0.6 is 0 Å². The van der Waals surface area contributed by atoms with E-state index in [0.29, 0.717) is 18.1 Å². The minimum atomic E-state index is 0.165. The highest BCUT2D eigenvalue weighted by atomic mass is 16.5. The van der Waals surface area contributed by atoms with E-state index in [2.05, 4.69) is 36.4 Å². The lowest BCUT2D eigenvalue weighted by Gasteiger charge is -2.54. The molecule has 2 heterocycles. The molecule has 2 fully saturated rings. The molecule has 3 rings (SSSR count). The summed E-state index contributed by atoms with van der Waals surface area (Å²) in [4.78, 5) is 4.68. The molecule has 2 aliphatic rings. The van der Waals surface area contributed by atoms with Crippen LogP contribution in [-0.2, 0) is 11.2 Å². The maximum absolute atomic E-state index is 5.86. The average Bonchev–Trinajstić information content (AvgIpc) is 3.14. The van der Waals surface area contributed by atoms with Crippen molar-refractivity contribution in [3.05, 3.63) is 24.2 Å². The van der Waals surface area contributed by atoms with E-state index in [1.165, 1.54) is 0 Å². The number of fused-ring (bicyclic) bond motifs is 1. The van der Waals surface area contributed by atoms with Gasteiger partial charge in [-0.15, -0.1) is 0 Å². The van der Waals surface area contributed by atoms with Gasteiger partial charge in [-0.3, -0.25) is 4.99 Å². The smallest absolute Gasteiger partial charge is 0.191 e. The van der Waals surface area contributed by atoms with Crippen LogP contribution in [0.25, 0.3) is 0 Å². The molecule has 1 aromatic rings. The fourth-order valence-corrected chi connectivity index (χ4v) is 3.82. The van der Waals surface area contributed by atoms with E-state index in [1.807, 2.05) is 12.1 Å². The Hall–Kier alpha value is -1.49.